The Kier molecular flexibility index (Phi) is 4.92. The first kappa shape index (κ1) is 15.3. The van der Waals surface area contributed by atoms with Crippen molar-refractivity contribution in [2.75, 3.05) is 5.43 Å². The van der Waals surface area contributed by atoms with Crippen molar-refractivity contribution >= 4 is 23.9 Å². The molecule has 1 aromatic carbocycles. The van der Waals surface area contributed by atoms with Crippen LogP contribution in [0, 0.1) is 24.0 Å². The van der Waals surface area contributed by atoms with Crippen LogP contribution in [-0.4, -0.2) is 21.1 Å². The number of benzene rings is 1. The van der Waals surface area contributed by atoms with Crippen LogP contribution in [0.4, 0.5) is 11.6 Å². The Morgan fingerprint density at radius 1 is 1.23 bits per heavy atom. The molecule has 7 nitrogen and oxygen atoms in total. The molecule has 7 heteroatoms. The average molecular weight is 297 g/mol. The van der Waals surface area contributed by atoms with Crippen molar-refractivity contribution in [1.29, 1.82) is 0 Å². The van der Waals surface area contributed by atoms with Gasteiger partial charge in [-0.05, 0) is 38.1 Å². The van der Waals surface area contributed by atoms with Gasteiger partial charge in [-0.3, -0.25) is 10.1 Å². The van der Waals surface area contributed by atoms with E-state index < -0.39 is 4.92 Å². The summed E-state index contributed by atoms with van der Waals surface area (Å²) in [6.07, 6.45) is 4.71. The summed E-state index contributed by atoms with van der Waals surface area (Å²) in [4.78, 5) is 18.8. The molecule has 0 aliphatic rings. The quantitative estimate of drug-likeness (QED) is 0.520. The van der Waals surface area contributed by atoms with E-state index in [1.807, 2.05) is 19.9 Å². The highest BCUT2D eigenvalue weighted by atomic mass is 16.6. The van der Waals surface area contributed by atoms with Crippen molar-refractivity contribution < 1.29 is 4.92 Å². The summed E-state index contributed by atoms with van der Waals surface area (Å²) in [5, 5.41) is 14.8. The maximum absolute atomic E-state index is 10.9. The number of aryl methyl sites for hydroxylation is 2. The molecule has 1 aromatic heterocycles. The molecule has 0 aliphatic carbocycles. The van der Waals surface area contributed by atoms with E-state index in [0.717, 1.165) is 11.4 Å². The largest absolute Gasteiger partial charge is 0.276 e. The second-order valence-corrected chi connectivity index (χ2v) is 4.54. The van der Waals surface area contributed by atoms with Gasteiger partial charge in [0.2, 0.25) is 5.95 Å². The number of aromatic nitrogens is 2. The van der Waals surface area contributed by atoms with Gasteiger partial charge in [0.15, 0.2) is 0 Å². The van der Waals surface area contributed by atoms with Crippen molar-refractivity contribution in [1.82, 2.24) is 9.97 Å². The smallest absolute Gasteiger partial charge is 0.258 e. The molecular formula is C15H15N5O2. The lowest BCUT2D eigenvalue weighted by Gasteiger charge is -2.00. The summed E-state index contributed by atoms with van der Waals surface area (Å²) >= 11 is 0. The zero-order valence-corrected chi connectivity index (χ0v) is 12.2. The molecule has 22 heavy (non-hydrogen) atoms. The third kappa shape index (κ3) is 4.20. The molecule has 0 radical (unpaired) electrons. The number of nitro groups is 1. The molecule has 0 saturated heterocycles. The van der Waals surface area contributed by atoms with Crippen molar-refractivity contribution in [2.45, 2.75) is 13.8 Å². The Hall–Kier alpha value is -3.09. The predicted octanol–water partition coefficient (Wildman–Crippen LogP) is 3.11. The normalized spacial score (nSPS) is 11.2. The Morgan fingerprint density at radius 2 is 1.91 bits per heavy atom. The molecule has 112 valence electrons. The van der Waals surface area contributed by atoms with Crippen LogP contribution >= 0.6 is 0 Å². The summed E-state index contributed by atoms with van der Waals surface area (Å²) in [5.74, 6) is 0.410. The fourth-order valence-electron chi connectivity index (χ4n) is 1.86. The molecule has 1 heterocycles. The molecule has 2 aromatic rings. The summed E-state index contributed by atoms with van der Waals surface area (Å²) in [5.41, 5.74) is 4.98. The summed E-state index contributed by atoms with van der Waals surface area (Å²) < 4.78 is 0. The van der Waals surface area contributed by atoms with Gasteiger partial charge in [0, 0.05) is 23.7 Å². The minimum absolute atomic E-state index is 0.0535. The van der Waals surface area contributed by atoms with Crippen LogP contribution in [-0.2, 0) is 0 Å². The molecule has 0 unspecified atom stereocenters. The first-order chi connectivity index (χ1) is 10.6. The third-order valence-corrected chi connectivity index (χ3v) is 2.72. The average Bonchev–Trinajstić information content (AvgIpc) is 2.46. The van der Waals surface area contributed by atoms with Gasteiger partial charge < -0.3 is 0 Å². The van der Waals surface area contributed by atoms with Crippen LogP contribution in [0.2, 0.25) is 0 Å². The van der Waals surface area contributed by atoms with Crippen LogP contribution in [0.15, 0.2) is 41.5 Å². The maximum atomic E-state index is 10.9. The van der Waals surface area contributed by atoms with Crippen molar-refractivity contribution in [3.8, 4) is 0 Å². The number of rotatable bonds is 5. The van der Waals surface area contributed by atoms with E-state index in [4.69, 9.17) is 0 Å². The molecule has 0 aliphatic heterocycles. The molecule has 0 spiro atoms. The Balaban J connectivity index is 2.02. The lowest BCUT2D eigenvalue weighted by molar-refractivity contribution is -0.385. The van der Waals surface area contributed by atoms with Crippen LogP contribution in [0.1, 0.15) is 17.0 Å². The number of anilines is 1. The van der Waals surface area contributed by atoms with Gasteiger partial charge in [-0.2, -0.15) is 5.10 Å². The van der Waals surface area contributed by atoms with Gasteiger partial charge in [-0.1, -0.05) is 12.1 Å². The monoisotopic (exact) mass is 297 g/mol. The molecular weight excluding hydrogens is 282 g/mol. The number of allylic oxidation sites excluding steroid dienone is 1. The topological polar surface area (TPSA) is 93.3 Å². The highest BCUT2D eigenvalue weighted by molar-refractivity contribution is 5.80. The van der Waals surface area contributed by atoms with Crippen LogP contribution in [0.3, 0.4) is 0 Å². The Labute approximate surface area is 127 Å². The number of nitro benzene ring substituents is 1. The zero-order valence-electron chi connectivity index (χ0n) is 12.2. The van der Waals surface area contributed by atoms with Gasteiger partial charge in [0.1, 0.15) is 0 Å². The predicted molar refractivity (Wildman–Crippen MR) is 85.8 cm³/mol. The van der Waals surface area contributed by atoms with E-state index in [2.05, 4.69) is 20.5 Å². The highest BCUT2D eigenvalue weighted by Crippen LogP contribution is 2.18. The first-order valence-electron chi connectivity index (χ1n) is 6.58. The summed E-state index contributed by atoms with van der Waals surface area (Å²) in [6.45, 7) is 3.75. The zero-order chi connectivity index (χ0) is 15.9. The SMILES string of the molecule is Cc1cc(C)nc(N/N=C\C=C\c2ccccc2[N+](=O)[O-])n1. The number of nitrogens with one attached hydrogen (secondary N) is 1. The fourth-order valence-corrected chi connectivity index (χ4v) is 1.86. The number of hydrazone groups is 1. The summed E-state index contributed by atoms with van der Waals surface area (Å²) in [7, 11) is 0. The first-order valence-corrected chi connectivity index (χ1v) is 6.58. The van der Waals surface area contributed by atoms with E-state index in [1.165, 1.54) is 12.3 Å². The summed E-state index contributed by atoms with van der Waals surface area (Å²) in [6, 6.07) is 8.36. The molecule has 0 saturated carbocycles. The third-order valence-electron chi connectivity index (χ3n) is 2.72. The molecule has 0 atom stereocenters. The number of para-hydroxylation sites is 1. The van der Waals surface area contributed by atoms with Crippen LogP contribution in [0.5, 0.6) is 0 Å². The second-order valence-electron chi connectivity index (χ2n) is 4.54. The van der Waals surface area contributed by atoms with E-state index >= 15 is 0 Å². The minimum Gasteiger partial charge on any atom is -0.258 e. The molecule has 2 rings (SSSR count). The minimum atomic E-state index is -0.418. The number of nitrogens with zero attached hydrogens (tertiary/aromatic N) is 4. The maximum Gasteiger partial charge on any atom is 0.276 e. The van der Waals surface area contributed by atoms with Gasteiger partial charge in [0.05, 0.1) is 10.5 Å². The highest BCUT2D eigenvalue weighted by Gasteiger charge is 2.08. The van der Waals surface area contributed by atoms with E-state index in [9.17, 15) is 10.1 Å². The standard InChI is InChI=1S/C15H15N5O2/c1-11-10-12(2)18-15(17-11)19-16-9-5-7-13-6-3-4-8-14(13)20(21)22/h3-10H,1-2H3,(H,17,18,19)/b7-5+,16-9-. The number of hydrogen-bond acceptors (Lipinski definition) is 6. The van der Waals surface area contributed by atoms with Gasteiger partial charge in [-0.25, -0.2) is 15.4 Å². The van der Waals surface area contributed by atoms with E-state index in [1.54, 1.807) is 30.4 Å². The molecule has 1 N–H and O–H groups in total. The second kappa shape index (κ2) is 7.07. The molecule has 0 fully saturated rings. The van der Waals surface area contributed by atoms with E-state index in [0.29, 0.717) is 11.5 Å². The molecule has 0 amide bonds. The van der Waals surface area contributed by atoms with Crippen molar-refractivity contribution in [3.05, 3.63) is 63.5 Å². The van der Waals surface area contributed by atoms with Crippen molar-refractivity contribution in [2.24, 2.45) is 5.10 Å². The fraction of sp³-hybridized carbons (Fsp3) is 0.133. The van der Waals surface area contributed by atoms with Gasteiger partial charge in [-0.15, -0.1) is 0 Å². The lowest BCUT2D eigenvalue weighted by Crippen LogP contribution is -1.98. The van der Waals surface area contributed by atoms with E-state index in [-0.39, 0.29) is 5.69 Å². The lowest BCUT2D eigenvalue weighted by atomic mass is 10.2. The van der Waals surface area contributed by atoms with Gasteiger partial charge in [0.25, 0.3) is 5.69 Å². The molecule has 0 bridgehead atoms. The van der Waals surface area contributed by atoms with Crippen molar-refractivity contribution in [3.63, 3.8) is 0 Å². The Morgan fingerprint density at radius 3 is 2.59 bits per heavy atom. The van der Waals surface area contributed by atoms with Crippen LogP contribution in [0.25, 0.3) is 6.08 Å². The van der Waals surface area contributed by atoms with Crippen LogP contribution < -0.4 is 5.43 Å². The van der Waals surface area contributed by atoms with Gasteiger partial charge >= 0.3 is 0 Å². The Bertz CT molecular complexity index is 720. The number of hydrogen-bond donors (Lipinski definition) is 1.